The van der Waals surface area contributed by atoms with Crippen LogP contribution in [0.3, 0.4) is 0 Å². The molecule has 1 saturated carbocycles. The minimum absolute atomic E-state index is 0.243. The smallest absolute Gasteiger partial charge is 0.375 e. The number of carbonyl (C=O) groups is 2. The van der Waals surface area contributed by atoms with Gasteiger partial charge in [0.2, 0.25) is 0 Å². The van der Waals surface area contributed by atoms with Crippen molar-refractivity contribution in [3.8, 4) is 0 Å². The Labute approximate surface area is 94.4 Å². The van der Waals surface area contributed by atoms with Crippen molar-refractivity contribution in [3.05, 3.63) is 0 Å². The van der Waals surface area contributed by atoms with Crippen molar-refractivity contribution >= 4 is 11.8 Å². The number of methoxy groups -OCH3 is 1. The second-order valence-corrected chi connectivity index (χ2v) is 4.28. The third kappa shape index (κ3) is 2.59. The summed E-state index contributed by atoms with van der Waals surface area (Å²) < 4.78 is 4.91. The highest BCUT2D eigenvalue weighted by Crippen LogP contribution is 2.36. The van der Waals surface area contributed by atoms with Gasteiger partial charge in [0, 0.05) is 13.7 Å². The molecule has 1 aliphatic carbocycles. The third-order valence-corrected chi connectivity index (χ3v) is 3.29. The molecular formula is C11H18O5. The lowest BCUT2D eigenvalue weighted by Crippen LogP contribution is -2.51. The van der Waals surface area contributed by atoms with Gasteiger partial charge in [-0.1, -0.05) is 12.8 Å². The van der Waals surface area contributed by atoms with E-state index in [1.807, 2.05) is 0 Å². The molecule has 2 atom stereocenters. The lowest BCUT2D eigenvalue weighted by atomic mass is 9.71. The maximum absolute atomic E-state index is 11.5. The number of aliphatic hydroxyl groups is 1. The van der Waals surface area contributed by atoms with E-state index in [9.17, 15) is 14.7 Å². The van der Waals surface area contributed by atoms with Gasteiger partial charge in [0.15, 0.2) is 0 Å². The van der Waals surface area contributed by atoms with E-state index in [1.165, 1.54) is 0 Å². The molecule has 1 rings (SSSR count). The SMILES string of the molecule is COCC[C@@H]1CCCC[C@@]1(O)C(=O)C(=O)O. The van der Waals surface area contributed by atoms with Crippen molar-refractivity contribution < 1.29 is 24.5 Å². The largest absolute Gasteiger partial charge is 0.475 e. The van der Waals surface area contributed by atoms with Crippen molar-refractivity contribution in [3.63, 3.8) is 0 Å². The quantitative estimate of drug-likeness (QED) is 0.675. The van der Waals surface area contributed by atoms with E-state index < -0.39 is 17.4 Å². The highest BCUT2D eigenvalue weighted by Gasteiger charge is 2.47. The van der Waals surface area contributed by atoms with Crippen LogP contribution in [-0.4, -0.2) is 41.3 Å². The molecular weight excluding hydrogens is 212 g/mol. The van der Waals surface area contributed by atoms with E-state index in [0.29, 0.717) is 25.9 Å². The highest BCUT2D eigenvalue weighted by molar-refractivity contribution is 6.36. The van der Waals surface area contributed by atoms with Crippen LogP contribution in [0.4, 0.5) is 0 Å². The second-order valence-electron chi connectivity index (χ2n) is 4.28. The van der Waals surface area contributed by atoms with Crippen LogP contribution in [0.25, 0.3) is 0 Å². The summed E-state index contributed by atoms with van der Waals surface area (Å²) in [6.45, 7) is 0.430. The first kappa shape index (κ1) is 13.1. The van der Waals surface area contributed by atoms with Crippen LogP contribution < -0.4 is 0 Å². The van der Waals surface area contributed by atoms with Crippen LogP contribution >= 0.6 is 0 Å². The van der Waals surface area contributed by atoms with Gasteiger partial charge in [0.1, 0.15) is 5.60 Å². The first-order chi connectivity index (χ1) is 7.52. The summed E-state index contributed by atoms with van der Waals surface area (Å²) >= 11 is 0. The average Bonchev–Trinajstić information content (AvgIpc) is 2.27. The van der Waals surface area contributed by atoms with Gasteiger partial charge < -0.3 is 14.9 Å². The summed E-state index contributed by atoms with van der Waals surface area (Å²) in [5, 5.41) is 18.9. The Morgan fingerprint density at radius 2 is 2.12 bits per heavy atom. The summed E-state index contributed by atoms with van der Waals surface area (Å²) in [4.78, 5) is 22.2. The van der Waals surface area contributed by atoms with Crippen LogP contribution in [0.5, 0.6) is 0 Å². The number of rotatable bonds is 5. The molecule has 0 aromatic heterocycles. The number of aliphatic carboxylic acids is 1. The van der Waals surface area contributed by atoms with Crippen molar-refractivity contribution in [2.24, 2.45) is 5.92 Å². The molecule has 0 bridgehead atoms. The predicted molar refractivity (Wildman–Crippen MR) is 56.0 cm³/mol. The van der Waals surface area contributed by atoms with E-state index in [0.717, 1.165) is 6.42 Å². The molecule has 92 valence electrons. The van der Waals surface area contributed by atoms with Crippen molar-refractivity contribution in [1.82, 2.24) is 0 Å². The zero-order chi connectivity index (χ0) is 12.2. The Bertz CT molecular complexity index is 276. The van der Waals surface area contributed by atoms with E-state index in [-0.39, 0.29) is 12.3 Å². The fourth-order valence-electron chi connectivity index (χ4n) is 2.36. The third-order valence-electron chi connectivity index (χ3n) is 3.29. The summed E-state index contributed by atoms with van der Waals surface area (Å²) in [5.41, 5.74) is -1.69. The van der Waals surface area contributed by atoms with E-state index in [2.05, 4.69) is 0 Å². The second kappa shape index (κ2) is 5.41. The Morgan fingerprint density at radius 3 is 2.69 bits per heavy atom. The van der Waals surface area contributed by atoms with Crippen LogP contribution in [0.15, 0.2) is 0 Å². The number of hydrogen-bond acceptors (Lipinski definition) is 4. The maximum atomic E-state index is 11.5. The van der Waals surface area contributed by atoms with E-state index >= 15 is 0 Å². The summed E-state index contributed by atoms with van der Waals surface area (Å²) in [7, 11) is 1.54. The number of hydrogen-bond donors (Lipinski definition) is 2. The molecule has 0 saturated heterocycles. The molecule has 0 amide bonds. The molecule has 0 aromatic carbocycles. The van der Waals surface area contributed by atoms with Gasteiger partial charge in [-0.3, -0.25) is 4.79 Å². The lowest BCUT2D eigenvalue weighted by molar-refractivity contribution is -0.165. The Balaban J connectivity index is 2.78. The normalized spacial score (nSPS) is 30.0. The predicted octanol–water partition coefficient (Wildman–Crippen LogP) is 0.598. The van der Waals surface area contributed by atoms with E-state index in [1.54, 1.807) is 7.11 Å². The Kier molecular flexibility index (Phi) is 4.44. The molecule has 5 heteroatoms. The van der Waals surface area contributed by atoms with Gasteiger partial charge in [-0.05, 0) is 25.2 Å². The standard InChI is InChI=1S/C11H18O5/c1-16-7-5-8-4-2-3-6-11(8,15)9(12)10(13)14/h8,15H,2-7H2,1H3,(H,13,14)/t8-,11-/m0/s1. The van der Waals surface area contributed by atoms with E-state index in [4.69, 9.17) is 9.84 Å². The molecule has 0 aromatic rings. The molecule has 5 nitrogen and oxygen atoms in total. The molecule has 16 heavy (non-hydrogen) atoms. The van der Waals surface area contributed by atoms with Gasteiger partial charge in [0.05, 0.1) is 0 Å². The first-order valence-corrected chi connectivity index (χ1v) is 5.51. The zero-order valence-corrected chi connectivity index (χ0v) is 9.44. The maximum Gasteiger partial charge on any atom is 0.375 e. The minimum atomic E-state index is -1.69. The minimum Gasteiger partial charge on any atom is -0.475 e. The number of carbonyl (C=O) groups excluding carboxylic acids is 1. The molecule has 2 N–H and O–H groups in total. The molecule has 0 aliphatic heterocycles. The fourth-order valence-corrected chi connectivity index (χ4v) is 2.36. The van der Waals surface area contributed by atoms with Crippen molar-refractivity contribution in [2.45, 2.75) is 37.7 Å². The van der Waals surface area contributed by atoms with Gasteiger partial charge in [-0.2, -0.15) is 0 Å². The number of Topliss-reactive ketones (excluding diaryl/α,β-unsaturated/α-hetero) is 1. The Hall–Kier alpha value is -0.940. The molecule has 0 unspecified atom stereocenters. The van der Waals surface area contributed by atoms with Gasteiger partial charge in [-0.25, -0.2) is 4.79 Å². The fraction of sp³-hybridized carbons (Fsp3) is 0.818. The Morgan fingerprint density at radius 1 is 1.44 bits per heavy atom. The lowest BCUT2D eigenvalue weighted by Gasteiger charge is -2.37. The van der Waals surface area contributed by atoms with Gasteiger partial charge >= 0.3 is 5.97 Å². The first-order valence-electron chi connectivity index (χ1n) is 5.51. The summed E-state index contributed by atoms with van der Waals surface area (Å²) in [6.07, 6.45) is 3.06. The summed E-state index contributed by atoms with van der Waals surface area (Å²) in [5.74, 6) is -2.93. The molecule has 1 aliphatic rings. The van der Waals surface area contributed by atoms with Gasteiger partial charge in [-0.15, -0.1) is 0 Å². The van der Waals surface area contributed by atoms with Gasteiger partial charge in [0.25, 0.3) is 5.78 Å². The molecule has 0 spiro atoms. The number of ketones is 1. The average molecular weight is 230 g/mol. The number of carboxylic acids is 1. The monoisotopic (exact) mass is 230 g/mol. The number of carboxylic acid groups (broad SMARTS) is 1. The molecule has 1 fully saturated rings. The topological polar surface area (TPSA) is 83.8 Å². The number of ether oxygens (including phenoxy) is 1. The van der Waals surface area contributed by atoms with Crippen LogP contribution in [-0.2, 0) is 14.3 Å². The molecule has 0 radical (unpaired) electrons. The van der Waals surface area contributed by atoms with Crippen molar-refractivity contribution in [2.75, 3.05) is 13.7 Å². The highest BCUT2D eigenvalue weighted by atomic mass is 16.5. The van der Waals surface area contributed by atoms with Crippen LogP contribution in [0, 0.1) is 5.92 Å². The zero-order valence-electron chi connectivity index (χ0n) is 9.44. The summed E-state index contributed by atoms with van der Waals surface area (Å²) in [6, 6.07) is 0. The molecule has 0 heterocycles. The van der Waals surface area contributed by atoms with Crippen LogP contribution in [0.1, 0.15) is 32.1 Å². The van der Waals surface area contributed by atoms with Crippen molar-refractivity contribution in [1.29, 1.82) is 0 Å². The van der Waals surface area contributed by atoms with Crippen LogP contribution in [0.2, 0.25) is 0 Å².